The van der Waals surface area contributed by atoms with Crippen molar-refractivity contribution in [3.05, 3.63) is 35.4 Å². The summed E-state index contributed by atoms with van der Waals surface area (Å²) in [6.07, 6.45) is 1.85. The van der Waals surface area contributed by atoms with Crippen molar-refractivity contribution < 1.29 is 23.8 Å². The number of rotatable bonds is 10. The zero-order valence-electron chi connectivity index (χ0n) is 14.2. The van der Waals surface area contributed by atoms with Gasteiger partial charge in [-0.25, -0.2) is 9.59 Å². The zero-order valence-corrected chi connectivity index (χ0v) is 14.2. The molecule has 23 heavy (non-hydrogen) atoms. The molecule has 1 aromatic rings. The smallest absolute Gasteiger partial charge is 0.338 e. The lowest BCUT2D eigenvalue weighted by molar-refractivity contribution is 0.0335. The van der Waals surface area contributed by atoms with Crippen molar-refractivity contribution in [2.75, 3.05) is 26.4 Å². The number of hydrogen-bond acceptors (Lipinski definition) is 5. The van der Waals surface area contributed by atoms with Gasteiger partial charge in [0.05, 0.1) is 24.3 Å². The average molecular weight is 322 g/mol. The molecule has 0 spiro atoms. The highest BCUT2D eigenvalue weighted by atomic mass is 16.6. The molecule has 0 aliphatic rings. The third kappa shape index (κ3) is 7.79. The number of esters is 2. The van der Waals surface area contributed by atoms with E-state index in [1.807, 2.05) is 6.92 Å². The Labute approximate surface area is 137 Å². The molecule has 0 heterocycles. The Morgan fingerprint density at radius 2 is 1.61 bits per heavy atom. The van der Waals surface area contributed by atoms with Crippen LogP contribution in [0, 0.1) is 5.92 Å². The van der Waals surface area contributed by atoms with Gasteiger partial charge in [-0.05, 0) is 43.9 Å². The van der Waals surface area contributed by atoms with Gasteiger partial charge in [0.1, 0.15) is 6.61 Å². The molecule has 0 saturated heterocycles. The molecule has 0 aliphatic heterocycles. The highest BCUT2D eigenvalue weighted by molar-refractivity contribution is 5.95. The van der Waals surface area contributed by atoms with Gasteiger partial charge in [-0.3, -0.25) is 0 Å². The van der Waals surface area contributed by atoms with E-state index in [0.29, 0.717) is 36.9 Å². The van der Waals surface area contributed by atoms with Crippen LogP contribution in [0.2, 0.25) is 0 Å². The van der Waals surface area contributed by atoms with E-state index in [4.69, 9.17) is 14.2 Å². The number of benzene rings is 1. The summed E-state index contributed by atoms with van der Waals surface area (Å²) in [4.78, 5) is 23.9. The molecule has 0 atom stereocenters. The highest BCUT2D eigenvalue weighted by Gasteiger charge is 2.12. The Morgan fingerprint density at radius 3 is 2.17 bits per heavy atom. The zero-order chi connectivity index (χ0) is 17.1. The van der Waals surface area contributed by atoms with Crippen LogP contribution in [-0.2, 0) is 14.2 Å². The van der Waals surface area contributed by atoms with Crippen LogP contribution < -0.4 is 0 Å². The van der Waals surface area contributed by atoms with Crippen LogP contribution in [0.1, 0.15) is 54.3 Å². The minimum Gasteiger partial charge on any atom is -0.462 e. The van der Waals surface area contributed by atoms with Crippen LogP contribution in [0.4, 0.5) is 0 Å². The molecule has 0 bridgehead atoms. The van der Waals surface area contributed by atoms with E-state index in [-0.39, 0.29) is 6.61 Å². The summed E-state index contributed by atoms with van der Waals surface area (Å²) in [5.41, 5.74) is 0.687. The molecule has 0 unspecified atom stereocenters. The molecule has 0 amide bonds. The number of hydrogen-bond donors (Lipinski definition) is 0. The maximum Gasteiger partial charge on any atom is 0.338 e. The molecule has 5 heteroatoms. The molecule has 5 nitrogen and oxygen atoms in total. The van der Waals surface area contributed by atoms with Crippen LogP contribution in [0.3, 0.4) is 0 Å². The van der Waals surface area contributed by atoms with Gasteiger partial charge in [-0.1, -0.05) is 19.9 Å². The second kappa shape index (κ2) is 10.8. The highest BCUT2D eigenvalue weighted by Crippen LogP contribution is 2.10. The first kappa shape index (κ1) is 19.2. The quantitative estimate of drug-likeness (QED) is 0.487. The molecule has 0 saturated carbocycles. The summed E-state index contributed by atoms with van der Waals surface area (Å²) in [6.45, 7) is 7.65. The third-order valence-electron chi connectivity index (χ3n) is 3.16. The van der Waals surface area contributed by atoms with Crippen molar-refractivity contribution >= 4 is 11.9 Å². The molecule has 1 rings (SSSR count). The molecule has 0 radical (unpaired) electrons. The van der Waals surface area contributed by atoms with Crippen LogP contribution in [-0.4, -0.2) is 38.4 Å². The lowest BCUT2D eigenvalue weighted by Gasteiger charge is -2.08. The van der Waals surface area contributed by atoms with Crippen molar-refractivity contribution in [1.82, 2.24) is 0 Å². The molecular weight excluding hydrogens is 296 g/mol. The summed E-state index contributed by atoms with van der Waals surface area (Å²) in [6, 6.07) is 6.37. The summed E-state index contributed by atoms with van der Waals surface area (Å²) < 4.78 is 15.4. The van der Waals surface area contributed by atoms with Gasteiger partial charge in [0.2, 0.25) is 0 Å². The van der Waals surface area contributed by atoms with E-state index in [0.717, 1.165) is 12.8 Å². The molecule has 0 aliphatic carbocycles. The number of ether oxygens (including phenoxy) is 3. The van der Waals surface area contributed by atoms with Crippen LogP contribution in [0.25, 0.3) is 0 Å². The van der Waals surface area contributed by atoms with E-state index >= 15 is 0 Å². The van der Waals surface area contributed by atoms with E-state index in [1.165, 1.54) is 6.07 Å². The molecule has 1 aromatic carbocycles. The minimum absolute atomic E-state index is 0.191. The van der Waals surface area contributed by atoms with Crippen LogP contribution in [0.5, 0.6) is 0 Å². The minimum atomic E-state index is -0.473. The molecule has 0 aromatic heterocycles. The molecule has 0 N–H and O–H groups in total. The van der Waals surface area contributed by atoms with Gasteiger partial charge in [0, 0.05) is 6.61 Å². The number of carbonyl (C=O) groups is 2. The van der Waals surface area contributed by atoms with Gasteiger partial charge >= 0.3 is 11.9 Å². The maximum atomic E-state index is 12.0. The van der Waals surface area contributed by atoms with Crippen LogP contribution in [0.15, 0.2) is 24.3 Å². The van der Waals surface area contributed by atoms with Crippen LogP contribution >= 0.6 is 0 Å². The Kier molecular flexibility index (Phi) is 8.98. The summed E-state index contributed by atoms with van der Waals surface area (Å²) in [7, 11) is 0. The topological polar surface area (TPSA) is 61.8 Å². The van der Waals surface area contributed by atoms with Crippen molar-refractivity contribution in [3.8, 4) is 0 Å². The van der Waals surface area contributed by atoms with E-state index in [1.54, 1.807) is 18.2 Å². The van der Waals surface area contributed by atoms with Crippen molar-refractivity contribution in [2.24, 2.45) is 5.92 Å². The van der Waals surface area contributed by atoms with Gasteiger partial charge in [-0.15, -0.1) is 0 Å². The first-order valence-electron chi connectivity index (χ1n) is 8.06. The lowest BCUT2D eigenvalue weighted by atomic mass is 10.1. The SMILES string of the molecule is CCOCCOC(=O)c1cccc(C(=O)OCCCC(C)C)c1. The van der Waals surface area contributed by atoms with E-state index < -0.39 is 11.9 Å². The molecule has 128 valence electrons. The summed E-state index contributed by atoms with van der Waals surface area (Å²) in [5.74, 6) is -0.305. The largest absolute Gasteiger partial charge is 0.462 e. The monoisotopic (exact) mass is 322 g/mol. The Balaban J connectivity index is 2.48. The van der Waals surface area contributed by atoms with Gasteiger partial charge in [0.15, 0.2) is 0 Å². The Bertz CT molecular complexity index is 496. The summed E-state index contributed by atoms with van der Waals surface area (Å²) >= 11 is 0. The molecular formula is C18H26O5. The average Bonchev–Trinajstić information content (AvgIpc) is 2.55. The van der Waals surface area contributed by atoms with E-state index in [9.17, 15) is 9.59 Å². The first-order valence-corrected chi connectivity index (χ1v) is 8.06. The standard InChI is InChI=1S/C18H26O5/c1-4-21-11-12-23-18(20)16-9-5-8-15(13-16)17(19)22-10-6-7-14(2)3/h5,8-9,13-14H,4,6-7,10-12H2,1-3H3. The molecule has 0 fully saturated rings. The van der Waals surface area contributed by atoms with Gasteiger partial charge < -0.3 is 14.2 Å². The van der Waals surface area contributed by atoms with Gasteiger partial charge in [-0.2, -0.15) is 0 Å². The van der Waals surface area contributed by atoms with Crippen molar-refractivity contribution in [2.45, 2.75) is 33.6 Å². The fourth-order valence-corrected chi connectivity index (χ4v) is 1.93. The maximum absolute atomic E-state index is 12.0. The second-order valence-electron chi connectivity index (χ2n) is 5.59. The number of carbonyl (C=O) groups excluding carboxylic acids is 2. The second-order valence-corrected chi connectivity index (χ2v) is 5.59. The Hall–Kier alpha value is -1.88. The normalized spacial score (nSPS) is 10.6. The predicted molar refractivity (Wildman–Crippen MR) is 87.6 cm³/mol. The fourth-order valence-electron chi connectivity index (χ4n) is 1.93. The lowest BCUT2D eigenvalue weighted by Crippen LogP contribution is -2.12. The van der Waals surface area contributed by atoms with E-state index in [2.05, 4.69) is 13.8 Å². The first-order chi connectivity index (χ1) is 11.0. The third-order valence-corrected chi connectivity index (χ3v) is 3.16. The summed E-state index contributed by atoms with van der Waals surface area (Å²) in [5, 5.41) is 0. The van der Waals surface area contributed by atoms with Gasteiger partial charge in [0.25, 0.3) is 0 Å². The predicted octanol–water partition coefficient (Wildman–Crippen LogP) is 3.47. The van der Waals surface area contributed by atoms with Crippen molar-refractivity contribution in [3.63, 3.8) is 0 Å². The van der Waals surface area contributed by atoms with Crippen molar-refractivity contribution in [1.29, 1.82) is 0 Å². The Morgan fingerprint density at radius 1 is 1.00 bits per heavy atom. The fraction of sp³-hybridized carbons (Fsp3) is 0.556.